The Morgan fingerprint density at radius 1 is 1.12 bits per heavy atom. The van der Waals surface area contributed by atoms with Crippen LogP contribution in [0.2, 0.25) is 0 Å². The summed E-state index contributed by atoms with van der Waals surface area (Å²) in [5.74, 6) is 0.102. The van der Waals surface area contributed by atoms with E-state index in [9.17, 15) is 14.0 Å². The average Bonchev–Trinajstić information content (AvgIpc) is 3.49. The van der Waals surface area contributed by atoms with Crippen molar-refractivity contribution in [2.24, 2.45) is 0 Å². The zero-order chi connectivity index (χ0) is 23.2. The quantitative estimate of drug-likeness (QED) is 0.550. The highest BCUT2D eigenvalue weighted by Crippen LogP contribution is 2.21. The monoisotopic (exact) mass is 452 g/mol. The van der Waals surface area contributed by atoms with Crippen LogP contribution in [0.5, 0.6) is 0 Å². The number of carbonyl (C=O) groups excluding carboxylic acids is 2. The predicted octanol–water partition coefficient (Wildman–Crippen LogP) is 2.52. The molecule has 0 bridgehead atoms. The summed E-state index contributed by atoms with van der Waals surface area (Å²) in [7, 11) is 0. The van der Waals surface area contributed by atoms with Crippen molar-refractivity contribution >= 4 is 11.8 Å². The molecule has 3 heterocycles. The first-order chi connectivity index (χ1) is 16.0. The van der Waals surface area contributed by atoms with Gasteiger partial charge in [0.25, 0.3) is 5.91 Å². The fourth-order valence-electron chi connectivity index (χ4n) is 4.02. The maximum absolute atomic E-state index is 13.4. The number of piperidine rings is 1. The van der Waals surface area contributed by atoms with Crippen LogP contribution in [0, 0.1) is 5.82 Å². The lowest BCUT2D eigenvalue weighted by atomic mass is 10.0. The van der Waals surface area contributed by atoms with Gasteiger partial charge in [0.2, 0.25) is 5.91 Å². The van der Waals surface area contributed by atoms with E-state index in [2.05, 4.69) is 20.6 Å². The second-order valence-corrected chi connectivity index (χ2v) is 8.23. The number of aromatic nitrogens is 3. The maximum atomic E-state index is 13.4. The van der Waals surface area contributed by atoms with Crippen LogP contribution in [0.25, 0.3) is 11.5 Å². The number of rotatable bonds is 8. The van der Waals surface area contributed by atoms with Crippen LogP contribution < -0.4 is 10.6 Å². The first-order valence-electron chi connectivity index (χ1n) is 11.3. The Balaban J connectivity index is 1.44. The molecule has 0 saturated carbocycles. The molecule has 0 radical (unpaired) electrons. The number of amides is 2. The van der Waals surface area contributed by atoms with Crippen molar-refractivity contribution in [3.05, 3.63) is 66.4 Å². The van der Waals surface area contributed by atoms with Gasteiger partial charge in [-0.3, -0.25) is 14.5 Å². The molecule has 0 aliphatic carbocycles. The molecule has 0 spiro atoms. The summed E-state index contributed by atoms with van der Waals surface area (Å²) in [5.41, 5.74) is 1.10. The van der Waals surface area contributed by atoms with E-state index in [1.165, 1.54) is 12.1 Å². The maximum Gasteiger partial charge on any atom is 0.256 e. The molecule has 9 heteroatoms. The molecule has 3 aromatic rings. The third kappa shape index (κ3) is 5.48. The molecule has 1 aliphatic rings. The highest BCUT2D eigenvalue weighted by molar-refractivity contribution is 5.97. The average molecular weight is 453 g/mol. The van der Waals surface area contributed by atoms with Crippen LogP contribution in [0.1, 0.15) is 36.5 Å². The smallest absolute Gasteiger partial charge is 0.256 e. The van der Waals surface area contributed by atoms with E-state index in [0.717, 1.165) is 32.4 Å². The van der Waals surface area contributed by atoms with Crippen LogP contribution in [0.15, 0.2) is 55.0 Å². The van der Waals surface area contributed by atoms with E-state index in [1.807, 2.05) is 36.0 Å². The number of carbonyl (C=O) groups is 2. The van der Waals surface area contributed by atoms with Crippen LogP contribution in [0.3, 0.4) is 0 Å². The van der Waals surface area contributed by atoms with Crippen molar-refractivity contribution in [2.75, 3.05) is 26.2 Å². The highest BCUT2D eigenvalue weighted by atomic mass is 19.1. The minimum absolute atomic E-state index is 0.0270. The minimum Gasteiger partial charge on any atom is -0.355 e. The SMILES string of the molecule is CCCNC(=O)CN1CCC(NC(=O)c2cnn(-c3ccc(F)cc3)c2-n2cccc2)CC1. The molecular formula is C24H29FN6O2. The van der Waals surface area contributed by atoms with E-state index in [0.29, 0.717) is 30.2 Å². The van der Waals surface area contributed by atoms with Gasteiger partial charge in [-0.25, -0.2) is 9.07 Å². The lowest BCUT2D eigenvalue weighted by molar-refractivity contribution is -0.122. The zero-order valence-electron chi connectivity index (χ0n) is 18.7. The molecule has 0 atom stereocenters. The fraction of sp³-hybridized carbons (Fsp3) is 0.375. The summed E-state index contributed by atoms with van der Waals surface area (Å²) < 4.78 is 16.9. The van der Waals surface area contributed by atoms with Gasteiger partial charge in [-0.2, -0.15) is 5.10 Å². The van der Waals surface area contributed by atoms with Gasteiger partial charge >= 0.3 is 0 Å². The molecule has 2 N–H and O–H groups in total. The summed E-state index contributed by atoms with van der Waals surface area (Å²) in [6.45, 7) is 4.62. The Morgan fingerprint density at radius 3 is 2.48 bits per heavy atom. The Morgan fingerprint density at radius 2 is 1.82 bits per heavy atom. The molecule has 8 nitrogen and oxygen atoms in total. The first kappa shape index (κ1) is 22.7. The third-order valence-electron chi connectivity index (χ3n) is 5.77. The number of hydrogen-bond donors (Lipinski definition) is 2. The molecular weight excluding hydrogens is 423 g/mol. The summed E-state index contributed by atoms with van der Waals surface area (Å²) >= 11 is 0. The molecule has 33 heavy (non-hydrogen) atoms. The van der Waals surface area contributed by atoms with Gasteiger partial charge in [-0.1, -0.05) is 6.92 Å². The number of benzene rings is 1. The van der Waals surface area contributed by atoms with Crippen LogP contribution >= 0.6 is 0 Å². The topological polar surface area (TPSA) is 84.2 Å². The number of nitrogens with one attached hydrogen (secondary N) is 2. The van der Waals surface area contributed by atoms with Crippen molar-refractivity contribution in [3.8, 4) is 11.5 Å². The predicted molar refractivity (Wildman–Crippen MR) is 123 cm³/mol. The van der Waals surface area contributed by atoms with Gasteiger partial charge in [0.1, 0.15) is 11.4 Å². The van der Waals surface area contributed by atoms with Crippen molar-refractivity contribution < 1.29 is 14.0 Å². The van der Waals surface area contributed by atoms with Gasteiger partial charge in [0.05, 0.1) is 18.4 Å². The molecule has 1 aromatic carbocycles. The largest absolute Gasteiger partial charge is 0.355 e. The number of nitrogens with zero attached hydrogens (tertiary/aromatic N) is 4. The standard InChI is InChI=1S/C24H29FN6O2/c1-2-11-26-22(32)17-29-14-9-19(10-15-29)28-23(33)21-16-27-31(20-7-5-18(25)6-8-20)24(21)30-12-3-4-13-30/h3-8,12-13,16,19H,2,9-11,14-15,17H2,1H3,(H,26,32)(H,28,33). The van der Waals surface area contributed by atoms with Crippen LogP contribution in [-0.2, 0) is 4.79 Å². The van der Waals surface area contributed by atoms with Crippen molar-refractivity contribution in [1.82, 2.24) is 29.9 Å². The summed E-state index contributed by atoms with van der Waals surface area (Å²) in [4.78, 5) is 27.3. The number of hydrogen-bond acceptors (Lipinski definition) is 4. The second-order valence-electron chi connectivity index (χ2n) is 8.23. The Labute approximate surface area is 192 Å². The molecule has 1 aliphatic heterocycles. The summed E-state index contributed by atoms with van der Waals surface area (Å²) in [6, 6.07) is 9.76. The molecule has 1 saturated heterocycles. The summed E-state index contributed by atoms with van der Waals surface area (Å²) in [6.07, 6.45) is 7.70. The van der Waals surface area contributed by atoms with E-state index >= 15 is 0 Å². The summed E-state index contributed by atoms with van der Waals surface area (Å²) in [5, 5.41) is 10.4. The van der Waals surface area contributed by atoms with E-state index in [-0.39, 0.29) is 23.7 Å². The normalized spacial score (nSPS) is 14.8. The van der Waals surface area contributed by atoms with Crippen LogP contribution in [-0.4, -0.2) is 63.3 Å². The van der Waals surface area contributed by atoms with E-state index in [4.69, 9.17) is 0 Å². The van der Waals surface area contributed by atoms with E-state index in [1.54, 1.807) is 23.0 Å². The molecule has 2 aromatic heterocycles. The molecule has 2 amide bonds. The van der Waals surface area contributed by atoms with Gasteiger partial charge in [0, 0.05) is 38.1 Å². The fourth-order valence-corrected chi connectivity index (χ4v) is 4.02. The number of likely N-dealkylation sites (tertiary alicyclic amines) is 1. The molecule has 174 valence electrons. The lowest BCUT2D eigenvalue weighted by Gasteiger charge is -2.31. The van der Waals surface area contributed by atoms with Gasteiger partial charge in [-0.05, 0) is 55.7 Å². The zero-order valence-corrected chi connectivity index (χ0v) is 18.7. The lowest BCUT2D eigenvalue weighted by Crippen LogP contribution is -2.47. The second kappa shape index (κ2) is 10.4. The van der Waals surface area contributed by atoms with E-state index < -0.39 is 0 Å². The Hall–Kier alpha value is -3.46. The van der Waals surface area contributed by atoms with Gasteiger partial charge in [0.15, 0.2) is 5.82 Å². The minimum atomic E-state index is -0.333. The third-order valence-corrected chi connectivity index (χ3v) is 5.77. The van der Waals surface area contributed by atoms with Crippen molar-refractivity contribution in [3.63, 3.8) is 0 Å². The Bertz CT molecular complexity index is 1070. The van der Waals surface area contributed by atoms with Crippen molar-refractivity contribution in [2.45, 2.75) is 32.2 Å². The molecule has 1 fully saturated rings. The molecule has 4 rings (SSSR count). The van der Waals surface area contributed by atoms with Gasteiger partial charge in [-0.15, -0.1) is 0 Å². The van der Waals surface area contributed by atoms with Crippen molar-refractivity contribution in [1.29, 1.82) is 0 Å². The first-order valence-corrected chi connectivity index (χ1v) is 11.3. The van der Waals surface area contributed by atoms with Crippen LogP contribution in [0.4, 0.5) is 4.39 Å². The highest BCUT2D eigenvalue weighted by Gasteiger charge is 2.25. The van der Waals surface area contributed by atoms with Gasteiger partial charge < -0.3 is 15.2 Å². The molecule has 0 unspecified atom stereocenters. The number of halogens is 1. The Kier molecular flexibility index (Phi) is 7.19.